The number of likely N-dealkylation sites (N-methyl/N-ethyl adjacent to an activating group) is 1. The van der Waals surface area contributed by atoms with E-state index in [1.807, 2.05) is 20.8 Å². The Morgan fingerprint density at radius 2 is 2.05 bits per heavy atom. The van der Waals surface area contributed by atoms with Gasteiger partial charge in [0.25, 0.3) is 0 Å². The van der Waals surface area contributed by atoms with Gasteiger partial charge in [-0.3, -0.25) is 0 Å². The molecule has 1 rings (SSSR count). The molecular weight excluding hydrogens is 259 g/mol. The van der Waals surface area contributed by atoms with Crippen LogP contribution in [-0.2, 0) is 5.41 Å². The Bertz CT molecular complexity index is 449. The zero-order chi connectivity index (χ0) is 15.2. The fourth-order valence-corrected chi connectivity index (χ4v) is 2.04. The van der Waals surface area contributed by atoms with Gasteiger partial charge in [-0.25, -0.2) is 9.18 Å². The van der Waals surface area contributed by atoms with E-state index in [1.165, 1.54) is 11.0 Å². The van der Waals surface area contributed by atoms with Crippen molar-refractivity contribution in [2.24, 2.45) is 0 Å². The van der Waals surface area contributed by atoms with Crippen molar-refractivity contribution in [3.8, 4) is 0 Å². The molecule has 0 atom stereocenters. The van der Waals surface area contributed by atoms with Crippen molar-refractivity contribution in [2.75, 3.05) is 26.2 Å². The van der Waals surface area contributed by atoms with Gasteiger partial charge in [0.05, 0.1) is 6.61 Å². The van der Waals surface area contributed by atoms with Gasteiger partial charge in [0.2, 0.25) is 0 Å². The van der Waals surface area contributed by atoms with Crippen LogP contribution in [0.4, 0.5) is 9.18 Å². The number of benzene rings is 1. The van der Waals surface area contributed by atoms with Gasteiger partial charge in [0.1, 0.15) is 5.82 Å². The highest BCUT2D eigenvalue weighted by Crippen LogP contribution is 2.24. The highest BCUT2D eigenvalue weighted by atomic mass is 19.1. The summed E-state index contributed by atoms with van der Waals surface area (Å²) in [7, 11) is 0. The average molecular weight is 282 g/mol. The Kier molecular flexibility index (Phi) is 5.95. The third kappa shape index (κ3) is 4.20. The van der Waals surface area contributed by atoms with E-state index in [0.717, 1.165) is 0 Å². The summed E-state index contributed by atoms with van der Waals surface area (Å²) in [6.45, 7) is 6.68. The Balaban J connectivity index is 2.68. The lowest BCUT2D eigenvalue weighted by Crippen LogP contribution is -2.45. The second-order valence-electron chi connectivity index (χ2n) is 5.33. The first-order valence-corrected chi connectivity index (χ1v) is 6.81. The quantitative estimate of drug-likeness (QED) is 0.840. The minimum absolute atomic E-state index is 0.0715. The summed E-state index contributed by atoms with van der Waals surface area (Å²) in [4.78, 5) is 13.4. The van der Waals surface area contributed by atoms with E-state index in [0.29, 0.717) is 25.2 Å². The predicted molar refractivity (Wildman–Crippen MR) is 77.2 cm³/mol. The first-order valence-electron chi connectivity index (χ1n) is 6.81. The molecule has 112 valence electrons. The maximum Gasteiger partial charge on any atom is 0.317 e. The van der Waals surface area contributed by atoms with Crippen LogP contribution in [0.1, 0.15) is 26.3 Å². The molecule has 20 heavy (non-hydrogen) atoms. The smallest absolute Gasteiger partial charge is 0.317 e. The highest BCUT2D eigenvalue weighted by molar-refractivity contribution is 5.74. The number of carbonyl (C=O) groups excluding carboxylic acids is 1. The van der Waals surface area contributed by atoms with Crippen LogP contribution in [0.3, 0.4) is 0 Å². The molecule has 0 unspecified atom stereocenters. The van der Waals surface area contributed by atoms with Crippen molar-refractivity contribution < 1.29 is 14.3 Å². The molecule has 0 aliphatic carbocycles. The number of halogens is 1. The minimum atomic E-state index is -0.500. The number of rotatable bonds is 6. The van der Waals surface area contributed by atoms with Crippen LogP contribution in [0.25, 0.3) is 0 Å². The first kappa shape index (κ1) is 16.4. The van der Waals surface area contributed by atoms with Crippen molar-refractivity contribution >= 4 is 6.03 Å². The van der Waals surface area contributed by atoms with E-state index in [-0.39, 0.29) is 18.5 Å². The SMILES string of the molecule is CCN(CCO)C(=O)NCC(C)(C)c1ccccc1F. The standard InChI is InChI=1S/C15H23FN2O2/c1-4-18(9-10-19)14(20)17-11-15(2,3)12-7-5-6-8-13(12)16/h5-8,19H,4,9-11H2,1-3H3,(H,17,20). The maximum absolute atomic E-state index is 13.8. The molecule has 1 aromatic rings. The number of urea groups is 1. The normalized spacial score (nSPS) is 11.2. The number of aliphatic hydroxyl groups is 1. The van der Waals surface area contributed by atoms with Gasteiger partial charge in [0, 0.05) is 25.0 Å². The molecule has 0 heterocycles. The fraction of sp³-hybridized carbons (Fsp3) is 0.533. The summed E-state index contributed by atoms with van der Waals surface area (Å²) < 4.78 is 13.8. The summed E-state index contributed by atoms with van der Waals surface area (Å²) in [6, 6.07) is 6.33. The van der Waals surface area contributed by atoms with E-state index < -0.39 is 5.41 Å². The van der Waals surface area contributed by atoms with Crippen molar-refractivity contribution in [3.63, 3.8) is 0 Å². The summed E-state index contributed by atoms with van der Waals surface area (Å²) in [6.07, 6.45) is 0. The number of nitrogens with one attached hydrogen (secondary N) is 1. The molecule has 2 amide bonds. The van der Waals surface area contributed by atoms with Gasteiger partial charge in [0.15, 0.2) is 0 Å². The molecule has 0 saturated heterocycles. The number of hydrogen-bond acceptors (Lipinski definition) is 2. The number of nitrogens with zero attached hydrogens (tertiary/aromatic N) is 1. The summed E-state index contributed by atoms with van der Waals surface area (Å²) in [5.41, 5.74) is 0.0742. The van der Waals surface area contributed by atoms with Gasteiger partial charge < -0.3 is 15.3 Å². The topological polar surface area (TPSA) is 52.6 Å². The monoisotopic (exact) mass is 282 g/mol. The minimum Gasteiger partial charge on any atom is -0.395 e. The zero-order valence-corrected chi connectivity index (χ0v) is 12.3. The molecule has 1 aromatic carbocycles. The van der Waals surface area contributed by atoms with Crippen LogP contribution in [0.2, 0.25) is 0 Å². The van der Waals surface area contributed by atoms with E-state index in [1.54, 1.807) is 18.2 Å². The second-order valence-corrected chi connectivity index (χ2v) is 5.33. The largest absolute Gasteiger partial charge is 0.395 e. The van der Waals surface area contributed by atoms with E-state index in [9.17, 15) is 9.18 Å². The molecular formula is C15H23FN2O2. The third-order valence-electron chi connectivity index (χ3n) is 3.32. The van der Waals surface area contributed by atoms with Crippen molar-refractivity contribution in [1.29, 1.82) is 0 Å². The van der Waals surface area contributed by atoms with Gasteiger partial charge in [-0.2, -0.15) is 0 Å². The van der Waals surface area contributed by atoms with Crippen LogP contribution in [0.5, 0.6) is 0 Å². The van der Waals surface area contributed by atoms with Crippen molar-refractivity contribution in [1.82, 2.24) is 10.2 Å². The van der Waals surface area contributed by atoms with Crippen LogP contribution in [-0.4, -0.2) is 42.3 Å². The number of amides is 2. The average Bonchev–Trinajstić information content (AvgIpc) is 2.42. The Morgan fingerprint density at radius 3 is 2.60 bits per heavy atom. The second kappa shape index (κ2) is 7.24. The van der Waals surface area contributed by atoms with Crippen molar-refractivity contribution in [3.05, 3.63) is 35.6 Å². The molecule has 0 aromatic heterocycles. The van der Waals surface area contributed by atoms with E-state index in [4.69, 9.17) is 5.11 Å². The molecule has 0 spiro atoms. The molecule has 0 saturated carbocycles. The Morgan fingerprint density at radius 1 is 1.40 bits per heavy atom. The van der Waals surface area contributed by atoms with Crippen LogP contribution in [0, 0.1) is 5.82 Å². The third-order valence-corrected chi connectivity index (χ3v) is 3.32. The van der Waals surface area contributed by atoms with E-state index >= 15 is 0 Å². The molecule has 0 aliphatic heterocycles. The van der Waals surface area contributed by atoms with Gasteiger partial charge in [-0.05, 0) is 18.6 Å². The number of hydrogen-bond donors (Lipinski definition) is 2. The van der Waals surface area contributed by atoms with Gasteiger partial charge >= 0.3 is 6.03 Å². The summed E-state index contributed by atoms with van der Waals surface area (Å²) in [5, 5.41) is 11.7. The van der Waals surface area contributed by atoms with Gasteiger partial charge in [-0.1, -0.05) is 32.0 Å². The lowest BCUT2D eigenvalue weighted by molar-refractivity contribution is 0.178. The highest BCUT2D eigenvalue weighted by Gasteiger charge is 2.25. The first-order chi connectivity index (χ1) is 9.42. The maximum atomic E-state index is 13.8. The number of carbonyl (C=O) groups is 1. The molecule has 0 radical (unpaired) electrons. The molecule has 2 N–H and O–H groups in total. The number of aliphatic hydroxyl groups excluding tert-OH is 1. The predicted octanol–water partition coefficient (Wildman–Crippen LogP) is 2.13. The summed E-state index contributed by atoms with van der Waals surface area (Å²) in [5.74, 6) is -0.269. The Labute approximate surface area is 119 Å². The molecule has 0 fully saturated rings. The lowest BCUT2D eigenvalue weighted by Gasteiger charge is -2.28. The van der Waals surface area contributed by atoms with Crippen LogP contribution in [0.15, 0.2) is 24.3 Å². The molecule has 0 aliphatic rings. The molecule has 0 bridgehead atoms. The van der Waals surface area contributed by atoms with E-state index in [2.05, 4.69) is 5.32 Å². The van der Waals surface area contributed by atoms with Crippen LogP contribution >= 0.6 is 0 Å². The van der Waals surface area contributed by atoms with Gasteiger partial charge in [-0.15, -0.1) is 0 Å². The molecule has 4 nitrogen and oxygen atoms in total. The van der Waals surface area contributed by atoms with Crippen LogP contribution < -0.4 is 5.32 Å². The summed E-state index contributed by atoms with van der Waals surface area (Å²) >= 11 is 0. The lowest BCUT2D eigenvalue weighted by atomic mass is 9.84. The van der Waals surface area contributed by atoms with Crippen molar-refractivity contribution in [2.45, 2.75) is 26.2 Å². The zero-order valence-electron chi connectivity index (χ0n) is 12.3. The Hall–Kier alpha value is -1.62. The fourth-order valence-electron chi connectivity index (χ4n) is 2.04. The molecule has 5 heteroatoms.